The third-order valence-corrected chi connectivity index (χ3v) is 2.84. The molecule has 0 unspecified atom stereocenters. The predicted molar refractivity (Wildman–Crippen MR) is 59.9 cm³/mol. The van der Waals surface area contributed by atoms with Gasteiger partial charge < -0.3 is 9.72 Å². The molecule has 92 valence electrons. The highest BCUT2D eigenvalue weighted by atomic mass is 79.9. The second kappa shape index (κ2) is 4.09. The highest BCUT2D eigenvalue weighted by molar-refractivity contribution is 9.10. The van der Waals surface area contributed by atoms with Crippen LogP contribution in [0.4, 0.5) is 17.6 Å². The van der Waals surface area contributed by atoms with Gasteiger partial charge in [0.25, 0.3) is 0 Å². The molecular formula is C9H4BrF4NOS. The van der Waals surface area contributed by atoms with Crippen LogP contribution >= 0.6 is 28.6 Å². The highest BCUT2D eigenvalue weighted by Crippen LogP contribution is 2.38. The third kappa shape index (κ3) is 2.52. The standard InChI is InChI=1S/C9H4BrF4NOS/c10-4-2-5(11)8(16-9(12,13)14)3-1-6(17)15-7(3)4/h1-2,15,17H. The quantitative estimate of drug-likeness (QED) is 0.593. The molecule has 0 amide bonds. The van der Waals surface area contributed by atoms with Crippen LogP contribution in [0.15, 0.2) is 21.6 Å². The number of hydrogen-bond donors (Lipinski definition) is 2. The highest BCUT2D eigenvalue weighted by Gasteiger charge is 2.33. The van der Waals surface area contributed by atoms with Crippen LogP contribution < -0.4 is 4.74 Å². The summed E-state index contributed by atoms with van der Waals surface area (Å²) in [6.07, 6.45) is -4.95. The zero-order valence-electron chi connectivity index (χ0n) is 7.90. The van der Waals surface area contributed by atoms with Crippen LogP contribution in [0.3, 0.4) is 0 Å². The van der Waals surface area contributed by atoms with Gasteiger partial charge in [-0.05, 0) is 28.1 Å². The Morgan fingerprint density at radius 2 is 1.94 bits per heavy atom. The Kier molecular flexibility index (Phi) is 3.03. The van der Waals surface area contributed by atoms with Gasteiger partial charge in [0.15, 0.2) is 11.6 Å². The molecule has 17 heavy (non-hydrogen) atoms. The number of H-pyrrole nitrogens is 1. The normalized spacial score (nSPS) is 12.1. The van der Waals surface area contributed by atoms with E-state index in [0.717, 1.165) is 6.07 Å². The van der Waals surface area contributed by atoms with E-state index in [-0.39, 0.29) is 10.9 Å². The first-order valence-corrected chi connectivity index (χ1v) is 5.47. The molecule has 0 fully saturated rings. The Morgan fingerprint density at radius 3 is 2.53 bits per heavy atom. The van der Waals surface area contributed by atoms with Gasteiger partial charge in [0.2, 0.25) is 0 Å². The van der Waals surface area contributed by atoms with Crippen molar-refractivity contribution in [2.45, 2.75) is 11.4 Å². The summed E-state index contributed by atoms with van der Waals surface area (Å²) in [5.74, 6) is -1.97. The maximum absolute atomic E-state index is 13.4. The van der Waals surface area contributed by atoms with Gasteiger partial charge in [0.1, 0.15) is 0 Å². The molecule has 0 saturated carbocycles. The first kappa shape index (κ1) is 12.6. The first-order valence-electron chi connectivity index (χ1n) is 4.23. The number of aromatic amines is 1. The Morgan fingerprint density at radius 1 is 1.29 bits per heavy atom. The predicted octanol–water partition coefficient (Wildman–Crippen LogP) is 4.26. The van der Waals surface area contributed by atoms with Crippen LogP contribution in [0.2, 0.25) is 0 Å². The summed E-state index contributed by atoms with van der Waals surface area (Å²) >= 11 is 6.98. The van der Waals surface area contributed by atoms with Crippen molar-refractivity contribution in [1.29, 1.82) is 0 Å². The number of benzene rings is 1. The van der Waals surface area contributed by atoms with Crippen molar-refractivity contribution in [3.05, 3.63) is 22.4 Å². The SMILES string of the molecule is Fc1cc(Br)c2[nH]c(S)cc2c1OC(F)(F)F. The van der Waals surface area contributed by atoms with Crippen molar-refractivity contribution in [3.8, 4) is 5.75 Å². The van der Waals surface area contributed by atoms with Crippen LogP contribution in [-0.2, 0) is 0 Å². The number of thiol groups is 1. The molecule has 2 rings (SSSR count). The van der Waals surface area contributed by atoms with Crippen molar-refractivity contribution in [2.75, 3.05) is 0 Å². The average molecular weight is 330 g/mol. The van der Waals surface area contributed by atoms with Crippen molar-refractivity contribution in [3.63, 3.8) is 0 Å². The van der Waals surface area contributed by atoms with E-state index in [1.807, 2.05) is 0 Å². The number of rotatable bonds is 1. The van der Waals surface area contributed by atoms with Crippen LogP contribution in [-0.4, -0.2) is 11.3 Å². The smallest absolute Gasteiger partial charge is 0.402 e. The Bertz CT molecular complexity index is 580. The summed E-state index contributed by atoms with van der Waals surface area (Å²) in [6, 6.07) is 2.15. The molecule has 0 aliphatic carbocycles. The molecule has 2 aromatic rings. The number of nitrogens with one attached hydrogen (secondary N) is 1. The maximum atomic E-state index is 13.4. The van der Waals surface area contributed by atoms with Crippen LogP contribution in [0, 0.1) is 5.82 Å². The second-order valence-corrected chi connectivity index (χ2v) is 4.50. The van der Waals surface area contributed by atoms with Gasteiger partial charge in [-0.2, -0.15) is 0 Å². The monoisotopic (exact) mass is 329 g/mol. The van der Waals surface area contributed by atoms with Crippen molar-refractivity contribution < 1.29 is 22.3 Å². The Balaban J connectivity index is 2.69. The molecule has 2 nitrogen and oxygen atoms in total. The number of fused-ring (bicyclic) bond motifs is 1. The lowest BCUT2D eigenvalue weighted by molar-refractivity contribution is -0.275. The number of halogens is 5. The van der Waals surface area contributed by atoms with Crippen molar-refractivity contribution >= 4 is 39.5 Å². The van der Waals surface area contributed by atoms with E-state index in [2.05, 4.69) is 38.3 Å². The van der Waals surface area contributed by atoms with Crippen LogP contribution in [0.25, 0.3) is 10.9 Å². The Labute approximate surface area is 106 Å². The van der Waals surface area contributed by atoms with E-state index in [4.69, 9.17) is 0 Å². The number of ether oxygens (including phenoxy) is 1. The molecule has 0 atom stereocenters. The minimum absolute atomic E-state index is 0.0285. The fourth-order valence-electron chi connectivity index (χ4n) is 1.40. The number of aromatic nitrogens is 1. The summed E-state index contributed by atoms with van der Waals surface area (Å²) in [5, 5.41) is 0.275. The fourth-order valence-corrected chi connectivity index (χ4v) is 2.16. The van der Waals surface area contributed by atoms with Gasteiger partial charge in [-0.25, -0.2) is 4.39 Å². The summed E-state index contributed by atoms with van der Waals surface area (Å²) in [4.78, 5) is 2.68. The third-order valence-electron chi connectivity index (χ3n) is 1.98. The Hall–Kier alpha value is -0.890. The lowest BCUT2D eigenvalue weighted by atomic mass is 10.2. The lowest BCUT2D eigenvalue weighted by Crippen LogP contribution is -2.18. The zero-order chi connectivity index (χ0) is 12.8. The lowest BCUT2D eigenvalue weighted by Gasteiger charge is -2.11. The molecule has 0 radical (unpaired) electrons. The number of alkyl halides is 3. The van der Waals surface area contributed by atoms with Crippen LogP contribution in [0.1, 0.15) is 0 Å². The van der Waals surface area contributed by atoms with E-state index in [1.54, 1.807) is 0 Å². The maximum Gasteiger partial charge on any atom is 0.573 e. The average Bonchev–Trinajstić information content (AvgIpc) is 2.53. The van der Waals surface area contributed by atoms with Crippen molar-refractivity contribution in [1.82, 2.24) is 4.98 Å². The summed E-state index contributed by atoms with van der Waals surface area (Å²) in [6.45, 7) is 0. The molecule has 0 aliphatic heterocycles. The largest absolute Gasteiger partial charge is 0.573 e. The minimum Gasteiger partial charge on any atom is -0.402 e. The van der Waals surface area contributed by atoms with E-state index < -0.39 is 17.9 Å². The molecule has 0 saturated heterocycles. The fraction of sp³-hybridized carbons (Fsp3) is 0.111. The van der Waals surface area contributed by atoms with Gasteiger partial charge in [-0.1, -0.05) is 0 Å². The van der Waals surface area contributed by atoms with Gasteiger partial charge in [-0.3, -0.25) is 0 Å². The van der Waals surface area contributed by atoms with Gasteiger partial charge in [-0.15, -0.1) is 25.8 Å². The molecule has 1 aromatic heterocycles. The molecule has 1 aromatic carbocycles. The summed E-state index contributed by atoms with van der Waals surface area (Å²) < 4.78 is 53.8. The molecular weight excluding hydrogens is 326 g/mol. The van der Waals surface area contributed by atoms with E-state index >= 15 is 0 Å². The van der Waals surface area contributed by atoms with E-state index in [1.165, 1.54) is 6.07 Å². The molecule has 8 heteroatoms. The molecule has 1 N–H and O–H groups in total. The zero-order valence-corrected chi connectivity index (χ0v) is 10.4. The minimum atomic E-state index is -4.95. The van der Waals surface area contributed by atoms with Crippen LogP contribution in [0.5, 0.6) is 5.75 Å². The van der Waals surface area contributed by atoms with Gasteiger partial charge in [0.05, 0.1) is 10.5 Å². The number of hydrogen-bond acceptors (Lipinski definition) is 2. The molecule has 0 aliphatic rings. The molecule has 0 bridgehead atoms. The van der Waals surface area contributed by atoms with Crippen molar-refractivity contribution in [2.24, 2.45) is 0 Å². The topological polar surface area (TPSA) is 25.0 Å². The van der Waals surface area contributed by atoms with Gasteiger partial charge in [0, 0.05) is 9.86 Å². The second-order valence-electron chi connectivity index (χ2n) is 3.16. The first-order chi connectivity index (χ1) is 7.78. The van der Waals surface area contributed by atoms with E-state index in [0.29, 0.717) is 9.50 Å². The van der Waals surface area contributed by atoms with E-state index in [9.17, 15) is 17.6 Å². The molecule has 1 heterocycles. The van der Waals surface area contributed by atoms with Gasteiger partial charge >= 0.3 is 6.36 Å². The summed E-state index contributed by atoms with van der Waals surface area (Å²) in [5.41, 5.74) is 0.288. The summed E-state index contributed by atoms with van der Waals surface area (Å²) in [7, 11) is 0. The molecule has 0 spiro atoms.